The minimum Gasteiger partial charge on any atom is -0.469 e. The molecule has 3 nitrogen and oxygen atoms in total. The molecule has 3 heteroatoms. The largest absolute Gasteiger partial charge is 0.469 e. The number of methoxy groups -OCH3 is 1. The first kappa shape index (κ1) is 9.97. The lowest BCUT2D eigenvalue weighted by Crippen LogP contribution is -2.38. The van der Waals surface area contributed by atoms with Crippen molar-refractivity contribution >= 4 is 5.97 Å². The van der Waals surface area contributed by atoms with Crippen molar-refractivity contribution in [2.75, 3.05) is 20.2 Å². The van der Waals surface area contributed by atoms with Crippen molar-refractivity contribution in [3.8, 4) is 0 Å². The summed E-state index contributed by atoms with van der Waals surface area (Å²) >= 11 is 0. The molecule has 14 heavy (non-hydrogen) atoms. The maximum absolute atomic E-state index is 11.6. The number of ether oxygens (including phenoxy) is 1. The van der Waals surface area contributed by atoms with Crippen LogP contribution in [0.25, 0.3) is 0 Å². The molecule has 2 fully saturated rings. The molecule has 2 aliphatic rings. The Morgan fingerprint density at radius 1 is 1.21 bits per heavy atom. The topological polar surface area (TPSA) is 29.5 Å². The zero-order chi connectivity index (χ0) is 9.97. The van der Waals surface area contributed by atoms with Crippen molar-refractivity contribution in [3.05, 3.63) is 0 Å². The number of esters is 1. The number of nitrogens with zero attached hydrogens (tertiary/aromatic N) is 1. The van der Waals surface area contributed by atoms with Crippen LogP contribution in [-0.2, 0) is 9.53 Å². The number of hydrogen-bond acceptors (Lipinski definition) is 3. The van der Waals surface area contributed by atoms with Crippen LogP contribution >= 0.6 is 0 Å². The van der Waals surface area contributed by atoms with E-state index in [1.54, 1.807) is 0 Å². The predicted molar refractivity (Wildman–Crippen MR) is 54.0 cm³/mol. The summed E-state index contributed by atoms with van der Waals surface area (Å²) in [6.07, 6.45) is 5.86. The standard InChI is InChI=1S/C11H19NO2/c1-14-11(13)9-5-2-3-7-12-8-4-6-10(9)12/h9-10H,2-8H2,1H3/t9-,10+/m1/s1. The van der Waals surface area contributed by atoms with E-state index >= 15 is 0 Å². The number of fused-ring (bicyclic) bond motifs is 1. The molecule has 0 bridgehead atoms. The van der Waals surface area contributed by atoms with Crippen LogP contribution < -0.4 is 0 Å². The molecular formula is C11H19NO2. The first-order valence-electron chi connectivity index (χ1n) is 5.65. The summed E-state index contributed by atoms with van der Waals surface area (Å²) < 4.78 is 4.89. The maximum Gasteiger partial charge on any atom is 0.310 e. The Bertz CT molecular complexity index is 217. The SMILES string of the molecule is COC(=O)[C@@H]1CCCCN2CCC[C@@H]12. The van der Waals surface area contributed by atoms with Gasteiger partial charge in [-0.05, 0) is 38.8 Å². The zero-order valence-electron chi connectivity index (χ0n) is 8.87. The van der Waals surface area contributed by atoms with Crippen molar-refractivity contribution in [1.29, 1.82) is 0 Å². The van der Waals surface area contributed by atoms with Crippen LogP contribution in [0.2, 0.25) is 0 Å². The monoisotopic (exact) mass is 197 g/mol. The Hall–Kier alpha value is -0.570. The van der Waals surface area contributed by atoms with Gasteiger partial charge in [0.1, 0.15) is 0 Å². The highest BCUT2D eigenvalue weighted by Crippen LogP contribution is 2.31. The third kappa shape index (κ3) is 1.78. The molecule has 0 aromatic rings. The van der Waals surface area contributed by atoms with Gasteiger partial charge in [0.25, 0.3) is 0 Å². The van der Waals surface area contributed by atoms with Crippen molar-refractivity contribution in [2.45, 2.75) is 38.1 Å². The lowest BCUT2D eigenvalue weighted by Gasteiger charge is -2.26. The fourth-order valence-corrected chi connectivity index (χ4v) is 2.88. The maximum atomic E-state index is 11.6. The van der Waals surface area contributed by atoms with Gasteiger partial charge in [-0.1, -0.05) is 6.42 Å². The molecule has 2 atom stereocenters. The van der Waals surface area contributed by atoms with E-state index in [4.69, 9.17) is 4.74 Å². The van der Waals surface area contributed by atoms with E-state index < -0.39 is 0 Å². The van der Waals surface area contributed by atoms with Gasteiger partial charge >= 0.3 is 5.97 Å². The fraction of sp³-hybridized carbons (Fsp3) is 0.909. The van der Waals surface area contributed by atoms with Gasteiger partial charge in [-0.2, -0.15) is 0 Å². The van der Waals surface area contributed by atoms with Gasteiger partial charge in [0.2, 0.25) is 0 Å². The first-order chi connectivity index (χ1) is 6.83. The normalized spacial score (nSPS) is 33.5. The molecule has 0 unspecified atom stereocenters. The van der Waals surface area contributed by atoms with Crippen LogP contribution in [0.5, 0.6) is 0 Å². The molecule has 2 rings (SSSR count). The molecule has 2 aliphatic heterocycles. The molecule has 0 aliphatic carbocycles. The fourth-order valence-electron chi connectivity index (χ4n) is 2.88. The van der Waals surface area contributed by atoms with E-state index in [1.165, 1.54) is 45.9 Å². The van der Waals surface area contributed by atoms with Crippen LogP contribution in [0.3, 0.4) is 0 Å². The molecule has 0 spiro atoms. The summed E-state index contributed by atoms with van der Waals surface area (Å²) in [5.41, 5.74) is 0. The van der Waals surface area contributed by atoms with Gasteiger partial charge in [0, 0.05) is 6.04 Å². The number of carbonyl (C=O) groups is 1. The van der Waals surface area contributed by atoms with Crippen LogP contribution in [0.15, 0.2) is 0 Å². The van der Waals surface area contributed by atoms with Crippen LogP contribution in [0.4, 0.5) is 0 Å². The lowest BCUT2D eigenvalue weighted by atomic mass is 9.94. The van der Waals surface area contributed by atoms with E-state index in [0.717, 1.165) is 6.42 Å². The number of carbonyl (C=O) groups excluding carboxylic acids is 1. The molecule has 2 heterocycles. The number of hydrogen-bond donors (Lipinski definition) is 0. The van der Waals surface area contributed by atoms with Gasteiger partial charge < -0.3 is 4.74 Å². The first-order valence-corrected chi connectivity index (χ1v) is 5.65. The van der Waals surface area contributed by atoms with E-state index in [0.29, 0.717) is 6.04 Å². The van der Waals surface area contributed by atoms with Crippen LogP contribution in [0, 0.1) is 5.92 Å². The van der Waals surface area contributed by atoms with Crippen molar-refractivity contribution < 1.29 is 9.53 Å². The Morgan fingerprint density at radius 3 is 2.79 bits per heavy atom. The summed E-state index contributed by atoms with van der Waals surface area (Å²) in [6, 6.07) is 0.477. The highest BCUT2D eigenvalue weighted by Gasteiger charge is 2.37. The van der Waals surface area contributed by atoms with Gasteiger partial charge in [0.05, 0.1) is 13.0 Å². The summed E-state index contributed by atoms with van der Waals surface area (Å²) in [4.78, 5) is 14.1. The van der Waals surface area contributed by atoms with E-state index in [-0.39, 0.29) is 11.9 Å². The second kappa shape index (κ2) is 4.30. The van der Waals surface area contributed by atoms with E-state index in [2.05, 4.69) is 4.90 Å². The second-order valence-corrected chi connectivity index (χ2v) is 4.37. The van der Waals surface area contributed by atoms with Gasteiger partial charge in [-0.25, -0.2) is 0 Å². The Balaban J connectivity index is 2.08. The molecule has 0 radical (unpaired) electrons. The minimum atomic E-state index is 0.00352. The van der Waals surface area contributed by atoms with Gasteiger partial charge in [0.15, 0.2) is 0 Å². The molecule has 0 aromatic carbocycles. The minimum absolute atomic E-state index is 0.00352. The van der Waals surface area contributed by atoms with Gasteiger partial charge in [-0.15, -0.1) is 0 Å². The summed E-state index contributed by atoms with van der Waals surface area (Å²) in [6.45, 7) is 2.36. The lowest BCUT2D eigenvalue weighted by molar-refractivity contribution is -0.147. The molecule has 0 amide bonds. The molecule has 0 aromatic heterocycles. The van der Waals surface area contributed by atoms with Crippen molar-refractivity contribution in [1.82, 2.24) is 4.90 Å². The molecule has 0 saturated carbocycles. The molecule has 0 N–H and O–H groups in total. The molecular weight excluding hydrogens is 178 g/mol. The van der Waals surface area contributed by atoms with Gasteiger partial charge in [-0.3, -0.25) is 9.69 Å². The summed E-state index contributed by atoms with van der Waals surface area (Å²) in [5.74, 6) is 0.147. The van der Waals surface area contributed by atoms with Crippen LogP contribution in [-0.4, -0.2) is 37.1 Å². The Kier molecular flexibility index (Phi) is 3.06. The van der Waals surface area contributed by atoms with Crippen molar-refractivity contribution in [2.24, 2.45) is 5.92 Å². The average Bonchev–Trinajstić information content (AvgIpc) is 2.57. The van der Waals surface area contributed by atoms with E-state index in [9.17, 15) is 4.79 Å². The van der Waals surface area contributed by atoms with Crippen LogP contribution in [0.1, 0.15) is 32.1 Å². The number of rotatable bonds is 1. The second-order valence-electron chi connectivity index (χ2n) is 4.37. The Morgan fingerprint density at radius 2 is 2.00 bits per heavy atom. The average molecular weight is 197 g/mol. The quantitative estimate of drug-likeness (QED) is 0.595. The van der Waals surface area contributed by atoms with Crippen molar-refractivity contribution in [3.63, 3.8) is 0 Å². The third-order valence-electron chi connectivity index (χ3n) is 3.59. The van der Waals surface area contributed by atoms with E-state index in [1.807, 2.05) is 0 Å². The highest BCUT2D eigenvalue weighted by molar-refractivity contribution is 5.73. The molecule has 80 valence electrons. The highest BCUT2D eigenvalue weighted by atomic mass is 16.5. The summed E-state index contributed by atoms with van der Waals surface area (Å²) in [7, 11) is 1.51. The predicted octanol–water partition coefficient (Wildman–Crippen LogP) is 1.42. The molecule has 2 saturated heterocycles. The smallest absolute Gasteiger partial charge is 0.310 e. The zero-order valence-corrected chi connectivity index (χ0v) is 8.87. The third-order valence-corrected chi connectivity index (χ3v) is 3.59. The Labute approximate surface area is 85.4 Å². The summed E-state index contributed by atoms with van der Waals surface area (Å²) in [5, 5.41) is 0.